The van der Waals surface area contributed by atoms with Crippen molar-refractivity contribution in [1.29, 1.82) is 0 Å². The standard InChI is InChI=1S/C11H15IN4O/c1-8(11(17)16-4-2-3-5-16)15-10-9(12)6-13-7-14-10/h6-8H,2-5H2,1H3,(H,13,14,15). The molecule has 1 aliphatic rings. The molecule has 6 heteroatoms. The number of likely N-dealkylation sites (tertiary alicyclic amines) is 1. The number of hydrogen-bond acceptors (Lipinski definition) is 4. The average Bonchev–Trinajstić information content (AvgIpc) is 2.84. The first kappa shape index (κ1) is 12.5. The number of aromatic nitrogens is 2. The fourth-order valence-electron chi connectivity index (χ4n) is 1.90. The average molecular weight is 346 g/mol. The van der Waals surface area contributed by atoms with Gasteiger partial charge in [0.15, 0.2) is 0 Å². The Morgan fingerprint density at radius 1 is 1.53 bits per heavy atom. The Morgan fingerprint density at radius 2 is 2.24 bits per heavy atom. The number of anilines is 1. The Labute approximate surface area is 114 Å². The molecule has 5 nitrogen and oxygen atoms in total. The Bertz CT molecular complexity index is 406. The topological polar surface area (TPSA) is 58.1 Å². The van der Waals surface area contributed by atoms with E-state index >= 15 is 0 Å². The molecule has 2 rings (SSSR count). The molecular weight excluding hydrogens is 331 g/mol. The molecule has 0 saturated carbocycles. The van der Waals surface area contributed by atoms with Crippen LogP contribution in [-0.4, -0.2) is 39.9 Å². The van der Waals surface area contributed by atoms with Crippen molar-refractivity contribution < 1.29 is 4.79 Å². The van der Waals surface area contributed by atoms with E-state index in [2.05, 4.69) is 37.9 Å². The zero-order valence-electron chi connectivity index (χ0n) is 9.69. The van der Waals surface area contributed by atoms with Crippen LogP contribution in [0.25, 0.3) is 0 Å². The molecule has 1 aromatic heterocycles. The van der Waals surface area contributed by atoms with Gasteiger partial charge in [-0.2, -0.15) is 0 Å². The Balaban J connectivity index is 1.99. The molecule has 1 N–H and O–H groups in total. The highest BCUT2D eigenvalue weighted by Crippen LogP contribution is 2.15. The van der Waals surface area contributed by atoms with Gasteiger partial charge >= 0.3 is 0 Å². The number of amides is 1. The molecule has 1 saturated heterocycles. The van der Waals surface area contributed by atoms with Crippen LogP contribution < -0.4 is 5.32 Å². The number of carbonyl (C=O) groups excluding carboxylic acids is 1. The van der Waals surface area contributed by atoms with Gasteiger partial charge in [0.1, 0.15) is 18.2 Å². The lowest BCUT2D eigenvalue weighted by Crippen LogP contribution is -2.39. The van der Waals surface area contributed by atoms with Crippen molar-refractivity contribution >= 4 is 34.3 Å². The molecule has 1 fully saturated rings. The van der Waals surface area contributed by atoms with Gasteiger partial charge in [-0.15, -0.1) is 0 Å². The van der Waals surface area contributed by atoms with Crippen LogP contribution in [0.1, 0.15) is 19.8 Å². The summed E-state index contributed by atoms with van der Waals surface area (Å²) in [6.07, 6.45) is 5.44. The van der Waals surface area contributed by atoms with Crippen molar-refractivity contribution in [2.75, 3.05) is 18.4 Å². The van der Waals surface area contributed by atoms with E-state index in [0.29, 0.717) is 0 Å². The molecule has 1 atom stereocenters. The zero-order valence-corrected chi connectivity index (χ0v) is 11.8. The number of nitrogens with zero attached hydrogens (tertiary/aromatic N) is 3. The maximum absolute atomic E-state index is 12.1. The Hall–Kier alpha value is -0.920. The van der Waals surface area contributed by atoms with Gasteiger partial charge in [0.2, 0.25) is 5.91 Å². The normalized spacial score (nSPS) is 16.9. The number of nitrogens with one attached hydrogen (secondary N) is 1. The molecule has 0 bridgehead atoms. The second-order valence-corrected chi connectivity index (χ2v) is 5.28. The Morgan fingerprint density at radius 3 is 2.88 bits per heavy atom. The maximum Gasteiger partial charge on any atom is 0.244 e. The summed E-state index contributed by atoms with van der Waals surface area (Å²) in [5.74, 6) is 0.873. The van der Waals surface area contributed by atoms with Crippen molar-refractivity contribution in [3.63, 3.8) is 0 Å². The molecule has 0 radical (unpaired) electrons. The smallest absolute Gasteiger partial charge is 0.244 e. The highest BCUT2D eigenvalue weighted by atomic mass is 127. The third kappa shape index (κ3) is 3.05. The van der Waals surface area contributed by atoms with Crippen molar-refractivity contribution in [1.82, 2.24) is 14.9 Å². The molecule has 1 unspecified atom stereocenters. The summed E-state index contributed by atoms with van der Waals surface area (Å²) in [7, 11) is 0. The van der Waals surface area contributed by atoms with Crippen LogP contribution in [-0.2, 0) is 4.79 Å². The van der Waals surface area contributed by atoms with E-state index in [1.807, 2.05) is 11.8 Å². The first-order valence-corrected chi connectivity index (χ1v) is 6.77. The van der Waals surface area contributed by atoms with Crippen LogP contribution in [0.2, 0.25) is 0 Å². The predicted octanol–water partition coefficient (Wildman–Crippen LogP) is 1.50. The molecule has 0 aliphatic carbocycles. The van der Waals surface area contributed by atoms with Crippen molar-refractivity contribution in [2.24, 2.45) is 0 Å². The van der Waals surface area contributed by atoms with E-state index in [-0.39, 0.29) is 11.9 Å². The van der Waals surface area contributed by atoms with Gasteiger partial charge in [0.05, 0.1) is 3.57 Å². The van der Waals surface area contributed by atoms with Crippen LogP contribution >= 0.6 is 22.6 Å². The van der Waals surface area contributed by atoms with Gasteiger partial charge < -0.3 is 10.2 Å². The van der Waals surface area contributed by atoms with Gasteiger partial charge in [-0.25, -0.2) is 9.97 Å². The van der Waals surface area contributed by atoms with E-state index in [1.54, 1.807) is 6.20 Å². The summed E-state index contributed by atoms with van der Waals surface area (Å²) < 4.78 is 0.922. The van der Waals surface area contributed by atoms with E-state index in [4.69, 9.17) is 0 Å². The summed E-state index contributed by atoms with van der Waals surface area (Å²) in [6.45, 7) is 3.64. The van der Waals surface area contributed by atoms with Crippen molar-refractivity contribution in [3.8, 4) is 0 Å². The third-order valence-corrected chi connectivity index (χ3v) is 3.60. The first-order valence-electron chi connectivity index (χ1n) is 5.69. The van der Waals surface area contributed by atoms with Crippen LogP contribution in [0.15, 0.2) is 12.5 Å². The minimum atomic E-state index is -0.239. The maximum atomic E-state index is 12.1. The summed E-state index contributed by atoms with van der Waals surface area (Å²) in [6, 6.07) is -0.239. The molecule has 92 valence electrons. The zero-order chi connectivity index (χ0) is 12.3. The number of hydrogen-bond donors (Lipinski definition) is 1. The molecule has 0 spiro atoms. The first-order chi connectivity index (χ1) is 8.18. The van der Waals surface area contributed by atoms with Crippen molar-refractivity contribution in [3.05, 3.63) is 16.1 Å². The molecule has 17 heavy (non-hydrogen) atoms. The fourth-order valence-corrected chi connectivity index (χ4v) is 2.35. The van der Waals surface area contributed by atoms with Crippen LogP contribution in [0.5, 0.6) is 0 Å². The predicted molar refractivity (Wildman–Crippen MR) is 73.6 cm³/mol. The molecule has 1 aromatic rings. The van der Waals surface area contributed by atoms with Crippen LogP contribution in [0, 0.1) is 3.57 Å². The number of halogens is 1. The van der Waals surface area contributed by atoms with E-state index in [1.165, 1.54) is 6.33 Å². The molecular formula is C11H15IN4O. The van der Waals surface area contributed by atoms with Gasteiger partial charge in [-0.05, 0) is 42.4 Å². The van der Waals surface area contributed by atoms with E-state index < -0.39 is 0 Å². The van der Waals surface area contributed by atoms with Gasteiger partial charge in [-0.1, -0.05) is 0 Å². The third-order valence-electron chi connectivity index (χ3n) is 2.81. The summed E-state index contributed by atoms with van der Waals surface area (Å²) in [5.41, 5.74) is 0. The number of rotatable bonds is 3. The molecule has 1 aliphatic heterocycles. The lowest BCUT2D eigenvalue weighted by Gasteiger charge is -2.21. The number of carbonyl (C=O) groups is 1. The minimum absolute atomic E-state index is 0.150. The molecule has 2 heterocycles. The quantitative estimate of drug-likeness (QED) is 0.843. The lowest BCUT2D eigenvalue weighted by molar-refractivity contribution is -0.130. The summed E-state index contributed by atoms with van der Waals surface area (Å²) in [4.78, 5) is 22.0. The van der Waals surface area contributed by atoms with Gasteiger partial charge in [0, 0.05) is 19.3 Å². The SMILES string of the molecule is CC(Nc1ncncc1I)C(=O)N1CCCC1. The highest BCUT2D eigenvalue weighted by molar-refractivity contribution is 14.1. The van der Waals surface area contributed by atoms with Crippen LogP contribution in [0.4, 0.5) is 5.82 Å². The van der Waals surface area contributed by atoms with E-state index in [0.717, 1.165) is 35.3 Å². The Kier molecular flexibility index (Phi) is 4.14. The second-order valence-electron chi connectivity index (χ2n) is 4.12. The molecule has 0 aromatic carbocycles. The minimum Gasteiger partial charge on any atom is -0.358 e. The fraction of sp³-hybridized carbons (Fsp3) is 0.545. The van der Waals surface area contributed by atoms with Gasteiger partial charge in [-0.3, -0.25) is 4.79 Å². The lowest BCUT2D eigenvalue weighted by atomic mass is 10.3. The highest BCUT2D eigenvalue weighted by Gasteiger charge is 2.23. The summed E-state index contributed by atoms with van der Waals surface area (Å²) >= 11 is 2.15. The molecule has 1 amide bonds. The second kappa shape index (κ2) is 5.61. The van der Waals surface area contributed by atoms with Gasteiger partial charge in [0.25, 0.3) is 0 Å². The largest absolute Gasteiger partial charge is 0.358 e. The van der Waals surface area contributed by atoms with Crippen LogP contribution in [0.3, 0.4) is 0 Å². The summed E-state index contributed by atoms with van der Waals surface area (Å²) in [5, 5.41) is 3.14. The van der Waals surface area contributed by atoms with Crippen molar-refractivity contribution in [2.45, 2.75) is 25.8 Å². The van der Waals surface area contributed by atoms with E-state index in [9.17, 15) is 4.79 Å². The monoisotopic (exact) mass is 346 g/mol.